The van der Waals surface area contributed by atoms with Gasteiger partial charge in [-0.2, -0.15) is 0 Å². The first-order valence-electron chi connectivity index (χ1n) is 2.96. The van der Waals surface area contributed by atoms with Gasteiger partial charge in [0.2, 0.25) is 0 Å². The molecule has 0 aliphatic carbocycles. The maximum Gasteiger partial charge on any atom is 0.0441 e. The molecule has 0 bridgehead atoms. The first kappa shape index (κ1) is 15.3. The van der Waals surface area contributed by atoms with E-state index >= 15 is 0 Å². The Balaban J connectivity index is 0. The minimum Gasteiger partial charge on any atom is -0.635 e. The quantitative estimate of drug-likeness (QED) is 0.566. The molecule has 0 rings (SSSR count). The van der Waals surface area contributed by atoms with Gasteiger partial charge in [-0.15, -0.1) is 15.5 Å². The number of rotatable bonds is 5. The molecule has 1 radical (unpaired) electrons. The Kier molecular flexibility index (Phi) is 13.8. The number of nitrogens with zero attached hydrogens (tertiary/aromatic N) is 1. The van der Waals surface area contributed by atoms with Crippen molar-refractivity contribution >= 4 is 17.3 Å². The zero-order chi connectivity index (χ0) is 7.98. The van der Waals surface area contributed by atoms with Crippen LogP contribution in [0.3, 0.4) is 0 Å². The van der Waals surface area contributed by atoms with Crippen LogP contribution in [0.5, 0.6) is 0 Å². The second-order valence-electron chi connectivity index (χ2n) is 1.98. The molecule has 4 atom stereocenters. The van der Waals surface area contributed by atoms with Crippen molar-refractivity contribution in [2.75, 3.05) is 13.2 Å². The molecular formula is C5H13NO2P2Y-2. The van der Waals surface area contributed by atoms with Gasteiger partial charge in [-0.05, 0) is 5.92 Å². The Bertz CT molecular complexity index is 86.9. The molecule has 0 aliphatic rings. The van der Waals surface area contributed by atoms with Crippen molar-refractivity contribution < 1.29 is 42.9 Å². The van der Waals surface area contributed by atoms with Crippen molar-refractivity contribution in [2.24, 2.45) is 5.92 Å². The second kappa shape index (κ2) is 9.93. The van der Waals surface area contributed by atoms with Gasteiger partial charge in [0, 0.05) is 39.3 Å². The third kappa shape index (κ3) is 8.18. The van der Waals surface area contributed by atoms with Gasteiger partial charge >= 0.3 is 0 Å². The van der Waals surface area contributed by atoms with Gasteiger partial charge in [0.1, 0.15) is 0 Å². The summed E-state index contributed by atoms with van der Waals surface area (Å²) in [5.74, 6) is -0.201. The van der Waals surface area contributed by atoms with Crippen LogP contribution in [0, 0.1) is 12.8 Å². The van der Waals surface area contributed by atoms with E-state index in [4.69, 9.17) is 10.2 Å². The smallest absolute Gasteiger partial charge is 0.0441 e. The minimum absolute atomic E-state index is 0. The Labute approximate surface area is 96.9 Å². The number of hydrogen-bond donors (Lipinski definition) is 2. The van der Waals surface area contributed by atoms with E-state index in [2.05, 4.69) is 20.9 Å². The van der Waals surface area contributed by atoms with Crippen molar-refractivity contribution in [3.8, 4) is 0 Å². The fourth-order valence-electron chi connectivity index (χ4n) is 0.471. The zero-order valence-electron chi connectivity index (χ0n) is 6.27. The van der Waals surface area contributed by atoms with Crippen LogP contribution in [-0.4, -0.2) is 29.5 Å². The third-order valence-electron chi connectivity index (χ3n) is 1.20. The van der Waals surface area contributed by atoms with E-state index in [1.165, 1.54) is 0 Å². The van der Waals surface area contributed by atoms with Crippen molar-refractivity contribution in [1.82, 2.24) is 0 Å². The molecular weight excluding hydrogens is 257 g/mol. The molecule has 0 amide bonds. The maximum absolute atomic E-state index is 8.90. The third-order valence-corrected chi connectivity index (χ3v) is 2.11. The van der Waals surface area contributed by atoms with E-state index in [1.807, 2.05) is 0 Å². The van der Waals surface area contributed by atoms with Gasteiger partial charge in [0.15, 0.2) is 0 Å². The van der Waals surface area contributed by atoms with E-state index in [0.717, 1.165) is 0 Å². The normalized spacial score (nSPS) is 16.4. The maximum atomic E-state index is 8.90. The van der Waals surface area contributed by atoms with Crippen molar-refractivity contribution in [3.63, 3.8) is 0 Å². The number of hydrogen-bond acceptors (Lipinski definition) is 2. The van der Waals surface area contributed by atoms with Crippen LogP contribution in [0.25, 0.3) is 5.09 Å². The van der Waals surface area contributed by atoms with Crippen LogP contribution in [0.2, 0.25) is 0 Å². The number of aliphatic hydroxyl groups excluding tert-OH is 2. The molecule has 0 aromatic heterocycles. The van der Waals surface area contributed by atoms with E-state index in [-0.39, 0.29) is 45.2 Å². The Morgan fingerprint density at radius 3 is 2.45 bits per heavy atom. The first-order chi connectivity index (χ1) is 4.72. The van der Waals surface area contributed by atoms with Crippen molar-refractivity contribution in [2.45, 2.75) is 6.10 Å². The number of aliphatic hydroxyl groups is 2. The average molecular weight is 270 g/mol. The summed E-state index contributed by atoms with van der Waals surface area (Å²) in [6, 6.07) is 0. The summed E-state index contributed by atoms with van der Waals surface area (Å²) in [7, 11) is 2.91. The van der Waals surface area contributed by atoms with Crippen LogP contribution < -0.4 is 0 Å². The molecule has 0 heterocycles. The van der Waals surface area contributed by atoms with Gasteiger partial charge in [-0.1, -0.05) is 6.10 Å². The van der Waals surface area contributed by atoms with Crippen molar-refractivity contribution in [1.29, 1.82) is 0 Å². The fourth-order valence-corrected chi connectivity index (χ4v) is 1.13. The largest absolute Gasteiger partial charge is 0.635 e. The minimum atomic E-state index is -0.713. The van der Waals surface area contributed by atoms with Gasteiger partial charge in [-0.25, -0.2) is 8.42 Å². The molecule has 0 fully saturated rings. The fraction of sp³-hybridized carbons (Fsp3) is 0.800. The molecule has 0 saturated carbocycles. The summed E-state index contributed by atoms with van der Waals surface area (Å²) in [4.78, 5) is 0. The molecule has 0 aromatic carbocycles. The molecule has 4 unspecified atom stereocenters. The molecule has 0 spiro atoms. The topological polar surface area (TPSA) is 54.6 Å². The summed E-state index contributed by atoms with van der Waals surface area (Å²) in [6.07, 6.45) is -0.713. The van der Waals surface area contributed by atoms with Gasteiger partial charge < -0.3 is 22.2 Å². The van der Waals surface area contributed by atoms with E-state index in [9.17, 15) is 0 Å². The predicted octanol–water partition coefficient (Wildman–Crippen LogP) is 0.545. The zero-order valence-corrected chi connectivity index (χ0v) is 11.3. The summed E-state index contributed by atoms with van der Waals surface area (Å²) in [6.45, 7) is 3.83. The molecule has 6 heteroatoms. The SMILES string of the molecule is [CH2-]C(O)C(CO)C[N-]PP.[Y]. The molecule has 0 saturated heterocycles. The van der Waals surface area contributed by atoms with Crippen LogP contribution in [-0.2, 0) is 32.7 Å². The Hall–Kier alpha value is 1.84. The van der Waals surface area contributed by atoms with Gasteiger partial charge in [0.25, 0.3) is 0 Å². The summed E-state index contributed by atoms with van der Waals surface area (Å²) in [5.41, 5.74) is 0. The van der Waals surface area contributed by atoms with E-state index in [1.54, 1.807) is 0 Å². The van der Waals surface area contributed by atoms with Gasteiger partial charge in [-0.3, -0.25) is 0 Å². The van der Waals surface area contributed by atoms with Crippen LogP contribution >= 0.6 is 17.3 Å². The Morgan fingerprint density at radius 2 is 2.18 bits per heavy atom. The summed E-state index contributed by atoms with van der Waals surface area (Å²) in [5, 5.41) is 21.6. The molecule has 11 heavy (non-hydrogen) atoms. The molecule has 0 aliphatic heterocycles. The summed E-state index contributed by atoms with van der Waals surface area (Å²) >= 11 is 0. The van der Waals surface area contributed by atoms with Crippen molar-refractivity contribution in [3.05, 3.63) is 12.0 Å². The van der Waals surface area contributed by atoms with E-state index < -0.39 is 6.10 Å². The molecule has 65 valence electrons. The molecule has 2 N–H and O–H groups in total. The standard InChI is InChI=1S/C5H13NO2P2.Y/c1-4(8)5(3-7)2-6-10-9;/h4-5,7-8,10H,1-3,9H2;/q-2;. The average Bonchev–Trinajstić information content (AvgIpc) is 1.89. The van der Waals surface area contributed by atoms with Crippen LogP contribution in [0.15, 0.2) is 0 Å². The second-order valence-corrected chi connectivity index (χ2v) is 3.33. The first-order valence-corrected chi connectivity index (χ1v) is 5.72. The van der Waals surface area contributed by atoms with E-state index in [0.29, 0.717) is 15.0 Å². The van der Waals surface area contributed by atoms with Crippen LogP contribution in [0.4, 0.5) is 0 Å². The van der Waals surface area contributed by atoms with Gasteiger partial charge in [0.05, 0.1) is 0 Å². The summed E-state index contributed by atoms with van der Waals surface area (Å²) < 4.78 is 0. The molecule has 0 aromatic rings. The molecule has 3 nitrogen and oxygen atoms in total. The Morgan fingerprint density at radius 1 is 1.64 bits per heavy atom. The monoisotopic (exact) mass is 270 g/mol. The predicted molar refractivity (Wildman–Crippen MR) is 48.2 cm³/mol. The van der Waals surface area contributed by atoms with Crippen LogP contribution in [0.1, 0.15) is 0 Å².